The highest BCUT2D eigenvalue weighted by molar-refractivity contribution is 7.92. The van der Waals surface area contributed by atoms with Crippen LogP contribution in [0.2, 0.25) is 0 Å². The van der Waals surface area contributed by atoms with E-state index in [1.165, 1.54) is 6.07 Å². The average molecular weight is 424 g/mol. The van der Waals surface area contributed by atoms with Crippen LogP contribution in [0, 0.1) is 19.8 Å². The van der Waals surface area contributed by atoms with Crippen LogP contribution in [-0.4, -0.2) is 26.9 Å². The summed E-state index contributed by atoms with van der Waals surface area (Å²) in [4.78, 5) is 12.6. The fraction of sp³-hybridized carbons (Fsp3) is 0.350. The third kappa shape index (κ3) is 5.25. The van der Waals surface area contributed by atoms with E-state index in [4.69, 9.17) is 5.73 Å². The van der Waals surface area contributed by atoms with Crippen LogP contribution in [0.1, 0.15) is 34.3 Å². The fourth-order valence-electron chi connectivity index (χ4n) is 3.07. The van der Waals surface area contributed by atoms with Gasteiger partial charge >= 0.3 is 0 Å². The number of nitrogens with two attached hydrogens (primary N) is 1. The van der Waals surface area contributed by atoms with Crippen molar-refractivity contribution < 1.29 is 13.2 Å². The quantitative estimate of drug-likeness (QED) is 0.637. The average Bonchev–Trinajstić information content (AvgIpc) is 3.44. The number of amides is 1. The topological polar surface area (TPSA) is 101 Å². The zero-order valence-corrected chi connectivity index (χ0v) is 17.6. The largest absolute Gasteiger partial charge is 0.348 e. The maximum atomic E-state index is 12.8. The van der Waals surface area contributed by atoms with Crippen molar-refractivity contribution >= 4 is 34.0 Å². The molecule has 0 spiro atoms. The van der Waals surface area contributed by atoms with E-state index in [9.17, 15) is 13.2 Å². The molecular weight excluding hydrogens is 398 g/mol. The molecule has 3 rings (SSSR count). The standard InChI is InChI=1S/C20H25N3O3S.ClH/c1-13-4-3-5-17(10-13)23-27(25,26)19-11-16(7-6-14(19)2)20(24)22-18(12-21)15-8-9-15;/h3-7,10-11,15,18,23H,8-9,12,21H2,1-2H3,(H,22,24);1H. The molecule has 0 aromatic heterocycles. The number of rotatable bonds is 7. The Bertz CT molecular complexity index is 959. The van der Waals surface area contributed by atoms with E-state index in [0.717, 1.165) is 18.4 Å². The lowest BCUT2D eigenvalue weighted by Crippen LogP contribution is -2.41. The van der Waals surface area contributed by atoms with Crippen LogP contribution in [0.5, 0.6) is 0 Å². The Hall–Kier alpha value is -2.09. The maximum Gasteiger partial charge on any atom is 0.262 e. The van der Waals surface area contributed by atoms with Gasteiger partial charge in [0.05, 0.1) is 4.90 Å². The lowest BCUT2D eigenvalue weighted by molar-refractivity contribution is 0.0933. The minimum absolute atomic E-state index is 0. The van der Waals surface area contributed by atoms with Crippen molar-refractivity contribution in [2.45, 2.75) is 37.6 Å². The molecular formula is C20H26ClN3O3S. The van der Waals surface area contributed by atoms with E-state index >= 15 is 0 Å². The molecule has 0 aliphatic heterocycles. The second-order valence-electron chi connectivity index (χ2n) is 7.11. The van der Waals surface area contributed by atoms with Crippen molar-refractivity contribution in [1.82, 2.24) is 5.32 Å². The Morgan fingerprint density at radius 1 is 1.18 bits per heavy atom. The van der Waals surface area contributed by atoms with Crippen molar-refractivity contribution in [3.05, 3.63) is 59.2 Å². The van der Waals surface area contributed by atoms with Gasteiger partial charge in [0.1, 0.15) is 0 Å². The molecule has 28 heavy (non-hydrogen) atoms. The summed E-state index contributed by atoms with van der Waals surface area (Å²) >= 11 is 0. The molecule has 1 atom stereocenters. The SMILES string of the molecule is Cc1cccc(NS(=O)(=O)c2cc(C(=O)NC(CN)C3CC3)ccc2C)c1.Cl. The number of halogens is 1. The summed E-state index contributed by atoms with van der Waals surface area (Å²) in [6.07, 6.45) is 2.13. The Labute approximate surface area is 172 Å². The summed E-state index contributed by atoms with van der Waals surface area (Å²) in [6, 6.07) is 11.8. The second-order valence-corrected chi connectivity index (χ2v) is 8.76. The number of hydrogen-bond acceptors (Lipinski definition) is 4. The van der Waals surface area contributed by atoms with Crippen LogP contribution in [0.3, 0.4) is 0 Å². The normalized spacial score (nSPS) is 14.7. The van der Waals surface area contributed by atoms with Crippen molar-refractivity contribution in [2.75, 3.05) is 11.3 Å². The molecule has 4 N–H and O–H groups in total. The van der Waals surface area contributed by atoms with Crippen molar-refractivity contribution in [3.8, 4) is 0 Å². The van der Waals surface area contributed by atoms with Crippen molar-refractivity contribution in [3.63, 3.8) is 0 Å². The summed E-state index contributed by atoms with van der Waals surface area (Å²) in [5.41, 5.74) is 8.06. The van der Waals surface area contributed by atoms with Gasteiger partial charge in [-0.1, -0.05) is 18.2 Å². The molecule has 1 saturated carbocycles. The molecule has 1 unspecified atom stereocenters. The Kier molecular flexibility index (Phi) is 7.09. The number of carbonyl (C=O) groups excluding carboxylic acids is 1. The van der Waals surface area contributed by atoms with Gasteiger partial charge in [0.2, 0.25) is 0 Å². The lowest BCUT2D eigenvalue weighted by Gasteiger charge is -2.17. The van der Waals surface area contributed by atoms with E-state index in [2.05, 4.69) is 10.0 Å². The number of nitrogens with one attached hydrogen (secondary N) is 2. The summed E-state index contributed by atoms with van der Waals surface area (Å²) in [5.74, 6) is 0.125. The molecule has 1 amide bonds. The Morgan fingerprint density at radius 2 is 1.89 bits per heavy atom. The molecule has 0 bridgehead atoms. The molecule has 1 fully saturated rings. The molecule has 1 aliphatic rings. The van der Waals surface area contributed by atoms with Crippen LogP contribution < -0.4 is 15.8 Å². The van der Waals surface area contributed by atoms with E-state index in [-0.39, 0.29) is 29.3 Å². The summed E-state index contributed by atoms with van der Waals surface area (Å²) in [5, 5.41) is 2.92. The van der Waals surface area contributed by atoms with Gasteiger partial charge in [-0.3, -0.25) is 9.52 Å². The molecule has 0 radical (unpaired) electrons. The minimum atomic E-state index is -3.81. The summed E-state index contributed by atoms with van der Waals surface area (Å²) in [7, 11) is -3.81. The zero-order chi connectivity index (χ0) is 19.6. The number of anilines is 1. The van der Waals surface area contributed by atoms with Crippen LogP contribution in [0.15, 0.2) is 47.4 Å². The fourth-order valence-corrected chi connectivity index (χ4v) is 4.39. The minimum Gasteiger partial charge on any atom is -0.348 e. The summed E-state index contributed by atoms with van der Waals surface area (Å²) in [6.45, 7) is 3.98. The van der Waals surface area contributed by atoms with Crippen molar-refractivity contribution in [1.29, 1.82) is 0 Å². The monoisotopic (exact) mass is 423 g/mol. The molecule has 2 aromatic carbocycles. The van der Waals surface area contributed by atoms with Gasteiger partial charge in [-0.25, -0.2) is 8.42 Å². The lowest BCUT2D eigenvalue weighted by atomic mass is 10.1. The highest BCUT2D eigenvalue weighted by atomic mass is 35.5. The number of aryl methyl sites for hydroxylation is 2. The molecule has 0 saturated heterocycles. The molecule has 152 valence electrons. The van der Waals surface area contributed by atoms with Crippen LogP contribution >= 0.6 is 12.4 Å². The van der Waals surface area contributed by atoms with Gasteiger partial charge in [-0.2, -0.15) is 0 Å². The number of sulfonamides is 1. The zero-order valence-electron chi connectivity index (χ0n) is 15.9. The molecule has 6 nitrogen and oxygen atoms in total. The van der Waals surface area contributed by atoms with E-state index in [0.29, 0.717) is 29.3 Å². The summed E-state index contributed by atoms with van der Waals surface area (Å²) < 4.78 is 28.3. The number of benzene rings is 2. The smallest absolute Gasteiger partial charge is 0.262 e. The van der Waals surface area contributed by atoms with E-state index < -0.39 is 10.0 Å². The van der Waals surface area contributed by atoms with Crippen LogP contribution in [0.25, 0.3) is 0 Å². The molecule has 0 heterocycles. The predicted molar refractivity (Wildman–Crippen MR) is 113 cm³/mol. The van der Waals surface area contributed by atoms with E-state index in [1.54, 1.807) is 37.3 Å². The first kappa shape index (κ1) is 22.2. The number of carbonyl (C=O) groups is 1. The third-order valence-corrected chi connectivity index (χ3v) is 6.29. The van der Waals surface area contributed by atoms with E-state index in [1.807, 2.05) is 13.0 Å². The number of hydrogen-bond donors (Lipinski definition) is 3. The van der Waals surface area contributed by atoms with Gasteiger partial charge in [-0.15, -0.1) is 12.4 Å². The Morgan fingerprint density at radius 3 is 2.50 bits per heavy atom. The van der Waals surface area contributed by atoms with Gasteiger partial charge in [-0.05, 0) is 68.0 Å². The Balaban J connectivity index is 0.00000280. The van der Waals surface area contributed by atoms with Crippen molar-refractivity contribution in [2.24, 2.45) is 11.7 Å². The van der Waals surface area contributed by atoms with Gasteiger partial charge < -0.3 is 11.1 Å². The highest BCUT2D eigenvalue weighted by Gasteiger charge is 2.31. The molecule has 2 aromatic rings. The van der Waals surface area contributed by atoms with Crippen LogP contribution in [-0.2, 0) is 10.0 Å². The molecule has 1 aliphatic carbocycles. The molecule has 8 heteroatoms. The third-order valence-electron chi connectivity index (χ3n) is 4.77. The predicted octanol–water partition coefficient (Wildman–Crippen LogP) is 2.99. The second kappa shape index (κ2) is 8.94. The first-order valence-corrected chi connectivity index (χ1v) is 10.5. The first-order valence-electron chi connectivity index (χ1n) is 9.01. The van der Waals surface area contributed by atoms with Gasteiger partial charge in [0.15, 0.2) is 0 Å². The first-order chi connectivity index (χ1) is 12.8. The van der Waals surface area contributed by atoms with Crippen LogP contribution in [0.4, 0.5) is 5.69 Å². The highest BCUT2D eigenvalue weighted by Crippen LogP contribution is 2.32. The maximum absolute atomic E-state index is 12.8. The van der Waals surface area contributed by atoms with Gasteiger partial charge in [0, 0.05) is 23.8 Å². The van der Waals surface area contributed by atoms with Gasteiger partial charge in [0.25, 0.3) is 15.9 Å².